The van der Waals surface area contributed by atoms with Crippen molar-refractivity contribution in [1.82, 2.24) is 0 Å². The number of benzene rings is 3. The van der Waals surface area contributed by atoms with Crippen molar-refractivity contribution >= 4 is 39.2 Å². The molecule has 1 amide bonds. The molecule has 4 rings (SSSR count). The number of carbonyl (C=O) groups excluding carboxylic acids is 1. The van der Waals surface area contributed by atoms with Gasteiger partial charge in [-0.15, -0.1) is 0 Å². The normalized spacial score (nSPS) is 10.9. The SMILES string of the molecule is COc1ccc(C(=O)Nc2ccc3c(c2)oc2ccccc23)cc1[N+](=O)[O-]. The number of fused-ring (bicyclic) bond motifs is 3. The Morgan fingerprint density at radius 1 is 1.04 bits per heavy atom. The molecular weight excluding hydrogens is 348 g/mol. The lowest BCUT2D eigenvalue weighted by molar-refractivity contribution is -0.385. The summed E-state index contributed by atoms with van der Waals surface area (Å²) in [7, 11) is 1.34. The highest BCUT2D eigenvalue weighted by molar-refractivity contribution is 6.08. The second-order valence-electron chi connectivity index (χ2n) is 5.91. The molecule has 0 atom stereocenters. The van der Waals surface area contributed by atoms with Crippen LogP contribution in [0.3, 0.4) is 0 Å². The van der Waals surface area contributed by atoms with E-state index in [1.54, 1.807) is 12.1 Å². The lowest BCUT2D eigenvalue weighted by Gasteiger charge is -2.07. The van der Waals surface area contributed by atoms with Crippen LogP contribution in [-0.2, 0) is 0 Å². The fourth-order valence-electron chi connectivity index (χ4n) is 2.98. The van der Waals surface area contributed by atoms with Crippen LogP contribution in [0.15, 0.2) is 65.1 Å². The summed E-state index contributed by atoms with van der Waals surface area (Å²) >= 11 is 0. The lowest BCUT2D eigenvalue weighted by Crippen LogP contribution is -2.12. The van der Waals surface area contributed by atoms with Gasteiger partial charge in [0.25, 0.3) is 5.91 Å². The van der Waals surface area contributed by atoms with Crippen molar-refractivity contribution in [3.63, 3.8) is 0 Å². The van der Waals surface area contributed by atoms with Gasteiger partial charge in [-0.3, -0.25) is 14.9 Å². The maximum Gasteiger partial charge on any atom is 0.311 e. The smallest absolute Gasteiger partial charge is 0.311 e. The molecule has 0 aliphatic carbocycles. The van der Waals surface area contributed by atoms with Crippen molar-refractivity contribution in [2.45, 2.75) is 0 Å². The maximum absolute atomic E-state index is 12.5. The molecule has 4 aromatic rings. The molecule has 1 N–H and O–H groups in total. The van der Waals surface area contributed by atoms with E-state index in [2.05, 4.69) is 5.32 Å². The number of nitrogens with zero attached hydrogens (tertiary/aromatic N) is 1. The van der Waals surface area contributed by atoms with E-state index in [0.717, 1.165) is 16.4 Å². The highest BCUT2D eigenvalue weighted by Gasteiger charge is 2.18. The highest BCUT2D eigenvalue weighted by Crippen LogP contribution is 2.31. The molecule has 0 aliphatic heterocycles. The number of nitro groups is 1. The molecule has 1 heterocycles. The van der Waals surface area contributed by atoms with Gasteiger partial charge >= 0.3 is 5.69 Å². The topological polar surface area (TPSA) is 94.6 Å². The summed E-state index contributed by atoms with van der Waals surface area (Å²) in [5, 5.41) is 15.8. The van der Waals surface area contributed by atoms with E-state index in [9.17, 15) is 14.9 Å². The molecule has 0 saturated heterocycles. The molecule has 0 saturated carbocycles. The Labute approximate surface area is 153 Å². The average Bonchev–Trinajstić information content (AvgIpc) is 3.05. The van der Waals surface area contributed by atoms with Crippen LogP contribution in [0, 0.1) is 10.1 Å². The van der Waals surface area contributed by atoms with Crippen LogP contribution in [-0.4, -0.2) is 17.9 Å². The van der Waals surface area contributed by atoms with E-state index >= 15 is 0 Å². The Morgan fingerprint density at radius 2 is 1.81 bits per heavy atom. The first-order valence-electron chi connectivity index (χ1n) is 8.12. The van der Waals surface area contributed by atoms with Crippen molar-refractivity contribution in [3.05, 3.63) is 76.3 Å². The second kappa shape index (κ2) is 6.45. The first-order valence-corrected chi connectivity index (χ1v) is 8.12. The summed E-state index contributed by atoms with van der Waals surface area (Å²) in [5.74, 6) is -0.364. The number of nitrogens with one attached hydrogen (secondary N) is 1. The largest absolute Gasteiger partial charge is 0.490 e. The summed E-state index contributed by atoms with van der Waals surface area (Å²) in [5.41, 5.74) is 1.84. The predicted octanol–water partition coefficient (Wildman–Crippen LogP) is 4.76. The molecule has 0 unspecified atom stereocenters. The highest BCUT2D eigenvalue weighted by atomic mass is 16.6. The number of anilines is 1. The summed E-state index contributed by atoms with van der Waals surface area (Å²) in [6.45, 7) is 0. The molecule has 7 heteroatoms. The van der Waals surface area contributed by atoms with Gasteiger partial charge in [-0.05, 0) is 30.3 Å². The van der Waals surface area contributed by atoms with E-state index in [1.807, 2.05) is 30.3 Å². The van der Waals surface area contributed by atoms with E-state index in [0.29, 0.717) is 11.3 Å². The zero-order valence-electron chi connectivity index (χ0n) is 14.3. The first-order chi connectivity index (χ1) is 13.1. The van der Waals surface area contributed by atoms with Gasteiger partial charge in [0.15, 0.2) is 5.75 Å². The van der Waals surface area contributed by atoms with Crippen LogP contribution in [0.1, 0.15) is 10.4 Å². The Kier molecular flexibility index (Phi) is 3.97. The van der Waals surface area contributed by atoms with Crippen molar-refractivity contribution in [2.24, 2.45) is 0 Å². The van der Waals surface area contributed by atoms with Crippen LogP contribution in [0.25, 0.3) is 21.9 Å². The third-order valence-corrected chi connectivity index (χ3v) is 4.27. The molecule has 1 aromatic heterocycles. The number of methoxy groups -OCH3 is 1. The van der Waals surface area contributed by atoms with Gasteiger partial charge in [0, 0.05) is 34.2 Å². The fourth-order valence-corrected chi connectivity index (χ4v) is 2.98. The monoisotopic (exact) mass is 362 g/mol. The molecule has 0 spiro atoms. The van der Waals surface area contributed by atoms with Crippen molar-refractivity contribution in [1.29, 1.82) is 0 Å². The first kappa shape index (κ1) is 16.6. The minimum atomic E-state index is -0.587. The van der Waals surface area contributed by atoms with E-state index in [-0.39, 0.29) is 17.0 Å². The Hall–Kier alpha value is -3.87. The van der Waals surface area contributed by atoms with Crippen LogP contribution >= 0.6 is 0 Å². The van der Waals surface area contributed by atoms with E-state index in [1.165, 1.54) is 25.3 Å². The molecule has 0 radical (unpaired) electrons. The Bertz CT molecular complexity index is 1200. The minimum absolute atomic E-state index is 0.0974. The van der Waals surface area contributed by atoms with Gasteiger partial charge in [0.1, 0.15) is 11.2 Å². The number of hydrogen-bond donors (Lipinski definition) is 1. The Morgan fingerprint density at radius 3 is 2.59 bits per heavy atom. The molecule has 0 fully saturated rings. The van der Waals surface area contributed by atoms with E-state index < -0.39 is 10.8 Å². The molecule has 27 heavy (non-hydrogen) atoms. The van der Waals surface area contributed by atoms with Crippen molar-refractivity contribution < 1.29 is 18.9 Å². The molecule has 0 aliphatic rings. The van der Waals surface area contributed by atoms with Gasteiger partial charge in [0.05, 0.1) is 12.0 Å². The fraction of sp³-hybridized carbons (Fsp3) is 0.0500. The number of para-hydroxylation sites is 1. The van der Waals surface area contributed by atoms with Crippen molar-refractivity contribution in [3.8, 4) is 5.75 Å². The van der Waals surface area contributed by atoms with Crippen LogP contribution in [0.5, 0.6) is 5.75 Å². The third kappa shape index (κ3) is 2.95. The number of nitro benzene ring substituents is 1. The standard InChI is InChI=1S/C20H14N2O5/c1-26-18-9-6-12(10-16(18)22(24)25)20(23)21-13-7-8-15-14-4-2-3-5-17(14)27-19(15)11-13/h2-11H,1H3,(H,21,23). The molecular formula is C20H14N2O5. The average molecular weight is 362 g/mol. The predicted molar refractivity (Wildman–Crippen MR) is 101 cm³/mol. The van der Waals surface area contributed by atoms with Crippen molar-refractivity contribution in [2.75, 3.05) is 12.4 Å². The molecule has 0 bridgehead atoms. The van der Waals surface area contributed by atoms with Gasteiger partial charge in [-0.2, -0.15) is 0 Å². The van der Waals surface area contributed by atoms with Gasteiger partial charge in [0.2, 0.25) is 0 Å². The summed E-state index contributed by atoms with van der Waals surface area (Å²) in [6.07, 6.45) is 0. The number of carbonyl (C=O) groups is 1. The van der Waals surface area contributed by atoms with Gasteiger partial charge in [-0.1, -0.05) is 18.2 Å². The van der Waals surface area contributed by atoms with Crippen LogP contribution in [0.4, 0.5) is 11.4 Å². The van der Waals surface area contributed by atoms with Crippen LogP contribution < -0.4 is 10.1 Å². The quantitative estimate of drug-likeness (QED) is 0.417. The zero-order valence-corrected chi connectivity index (χ0v) is 14.3. The number of ether oxygens (including phenoxy) is 1. The molecule has 3 aromatic carbocycles. The number of furan rings is 1. The summed E-state index contributed by atoms with van der Waals surface area (Å²) in [4.78, 5) is 23.0. The summed E-state index contributed by atoms with van der Waals surface area (Å²) in [6, 6.07) is 17.1. The van der Waals surface area contributed by atoms with Gasteiger partial charge < -0.3 is 14.5 Å². The molecule has 7 nitrogen and oxygen atoms in total. The minimum Gasteiger partial charge on any atom is -0.490 e. The number of rotatable bonds is 4. The van der Waals surface area contributed by atoms with E-state index in [4.69, 9.17) is 9.15 Å². The number of hydrogen-bond acceptors (Lipinski definition) is 5. The zero-order chi connectivity index (χ0) is 19.0. The number of amides is 1. The Balaban J connectivity index is 1.65. The second-order valence-corrected chi connectivity index (χ2v) is 5.91. The third-order valence-electron chi connectivity index (χ3n) is 4.27. The van der Waals surface area contributed by atoms with Crippen LogP contribution in [0.2, 0.25) is 0 Å². The summed E-state index contributed by atoms with van der Waals surface area (Å²) < 4.78 is 10.8. The molecule has 134 valence electrons. The van der Waals surface area contributed by atoms with Gasteiger partial charge in [-0.25, -0.2) is 0 Å². The lowest BCUT2D eigenvalue weighted by atomic mass is 10.1. The maximum atomic E-state index is 12.5.